The van der Waals surface area contributed by atoms with Crippen LogP contribution >= 0.6 is 0 Å². The zero-order valence-electron chi connectivity index (χ0n) is 16.2. The van der Waals surface area contributed by atoms with Crippen LogP contribution in [0.4, 0.5) is 4.39 Å². The molecule has 30 heavy (non-hydrogen) atoms. The van der Waals surface area contributed by atoms with Crippen molar-refractivity contribution in [1.29, 1.82) is 5.26 Å². The average Bonchev–Trinajstić information content (AvgIpc) is 3.46. The zero-order valence-corrected chi connectivity index (χ0v) is 16.2. The second-order valence-electron chi connectivity index (χ2n) is 6.58. The van der Waals surface area contributed by atoms with Crippen LogP contribution in [0.1, 0.15) is 32.9 Å². The van der Waals surface area contributed by atoms with E-state index in [1.807, 2.05) is 6.07 Å². The first-order valence-corrected chi connectivity index (χ1v) is 9.04. The Morgan fingerprint density at radius 3 is 2.60 bits per heavy atom. The highest BCUT2D eigenvalue weighted by molar-refractivity contribution is 5.94. The second-order valence-corrected chi connectivity index (χ2v) is 6.58. The predicted molar refractivity (Wildman–Crippen MR) is 103 cm³/mol. The van der Waals surface area contributed by atoms with Crippen molar-refractivity contribution in [2.45, 2.75) is 20.5 Å². The molecule has 0 unspecified atom stereocenters. The van der Waals surface area contributed by atoms with Crippen molar-refractivity contribution >= 4 is 5.97 Å². The van der Waals surface area contributed by atoms with E-state index < -0.39 is 5.97 Å². The molecule has 0 radical (unpaired) electrons. The summed E-state index contributed by atoms with van der Waals surface area (Å²) >= 11 is 0. The van der Waals surface area contributed by atoms with Crippen LogP contribution in [0.5, 0.6) is 0 Å². The van der Waals surface area contributed by atoms with Crippen LogP contribution in [0.15, 0.2) is 57.7 Å². The van der Waals surface area contributed by atoms with Gasteiger partial charge < -0.3 is 13.7 Å². The van der Waals surface area contributed by atoms with Crippen LogP contribution < -0.4 is 0 Å². The van der Waals surface area contributed by atoms with E-state index in [1.165, 1.54) is 12.1 Å². The van der Waals surface area contributed by atoms with Crippen LogP contribution in [0.25, 0.3) is 17.2 Å². The van der Waals surface area contributed by atoms with E-state index in [2.05, 4.69) is 5.16 Å². The Morgan fingerprint density at radius 1 is 1.23 bits per heavy atom. The molecule has 4 rings (SSSR count). The van der Waals surface area contributed by atoms with Gasteiger partial charge in [-0.15, -0.1) is 0 Å². The Kier molecular flexibility index (Phi) is 4.94. The van der Waals surface area contributed by atoms with Crippen LogP contribution in [0, 0.1) is 31.0 Å². The molecule has 0 N–H and O–H groups in total. The maximum atomic E-state index is 13.1. The summed E-state index contributed by atoms with van der Waals surface area (Å²) in [6, 6.07) is 11.4. The number of carbonyl (C=O) groups is 1. The summed E-state index contributed by atoms with van der Waals surface area (Å²) in [5.41, 5.74) is 1.92. The molecule has 0 fully saturated rings. The Hall–Kier alpha value is -4.12. The number of rotatable bonds is 5. The summed E-state index contributed by atoms with van der Waals surface area (Å²) in [6.45, 7) is 3.22. The SMILES string of the molecule is Cc1oc(-n2cccc2)c(C#N)c1C(=O)OCc1noc(-c2ccc(F)cc2)c1C. The minimum absolute atomic E-state index is 0.0705. The van der Waals surface area contributed by atoms with Gasteiger partial charge in [-0.2, -0.15) is 5.26 Å². The number of hydrogen-bond donors (Lipinski definition) is 0. The summed E-state index contributed by atoms with van der Waals surface area (Å²) in [6.07, 6.45) is 3.42. The Balaban J connectivity index is 1.55. The molecule has 0 bridgehead atoms. The summed E-state index contributed by atoms with van der Waals surface area (Å²) in [4.78, 5) is 12.7. The van der Waals surface area contributed by atoms with Gasteiger partial charge in [0.1, 0.15) is 41.1 Å². The molecule has 1 aromatic carbocycles. The number of nitriles is 1. The maximum Gasteiger partial charge on any atom is 0.343 e. The normalized spacial score (nSPS) is 10.7. The Bertz CT molecular complexity index is 1250. The summed E-state index contributed by atoms with van der Waals surface area (Å²) in [7, 11) is 0. The number of benzene rings is 1. The fourth-order valence-electron chi connectivity index (χ4n) is 3.11. The van der Waals surface area contributed by atoms with Crippen LogP contribution in [-0.2, 0) is 11.3 Å². The number of nitrogens with zero attached hydrogens (tertiary/aromatic N) is 3. The highest BCUT2D eigenvalue weighted by Gasteiger charge is 2.26. The number of hydrogen-bond acceptors (Lipinski definition) is 6. The molecule has 4 aromatic rings. The zero-order chi connectivity index (χ0) is 21.3. The van der Waals surface area contributed by atoms with Gasteiger partial charge in [0.25, 0.3) is 0 Å². The van der Waals surface area contributed by atoms with Crippen molar-refractivity contribution in [2.75, 3.05) is 0 Å². The number of aromatic nitrogens is 2. The van der Waals surface area contributed by atoms with E-state index in [1.54, 1.807) is 55.1 Å². The first kappa shape index (κ1) is 19.2. The Morgan fingerprint density at radius 2 is 1.93 bits per heavy atom. The number of esters is 1. The summed E-state index contributed by atoms with van der Waals surface area (Å²) in [5, 5.41) is 13.5. The predicted octanol–water partition coefficient (Wildman–Crippen LogP) is 4.71. The highest BCUT2D eigenvalue weighted by atomic mass is 19.1. The number of furan rings is 1. The molecule has 0 saturated heterocycles. The summed E-state index contributed by atoms with van der Waals surface area (Å²) < 4.78 is 31.1. The quantitative estimate of drug-likeness (QED) is 0.446. The van der Waals surface area contributed by atoms with Gasteiger partial charge >= 0.3 is 5.97 Å². The van der Waals surface area contributed by atoms with Gasteiger partial charge in [0.15, 0.2) is 5.76 Å². The van der Waals surface area contributed by atoms with Gasteiger partial charge in [-0.25, -0.2) is 9.18 Å². The topological polar surface area (TPSA) is 94.2 Å². The lowest BCUT2D eigenvalue weighted by Crippen LogP contribution is -2.08. The highest BCUT2D eigenvalue weighted by Crippen LogP contribution is 2.28. The second kappa shape index (κ2) is 7.72. The van der Waals surface area contributed by atoms with Gasteiger partial charge in [-0.05, 0) is 50.2 Å². The molecule has 0 amide bonds. The largest absolute Gasteiger partial charge is 0.455 e. The molecule has 0 aliphatic heterocycles. The van der Waals surface area contributed by atoms with Crippen LogP contribution in [0.2, 0.25) is 0 Å². The smallest absolute Gasteiger partial charge is 0.343 e. The lowest BCUT2D eigenvalue weighted by Gasteiger charge is -2.03. The lowest BCUT2D eigenvalue weighted by atomic mass is 10.1. The monoisotopic (exact) mass is 405 g/mol. The molecule has 0 spiro atoms. The third-order valence-corrected chi connectivity index (χ3v) is 4.69. The van der Waals surface area contributed by atoms with Crippen molar-refractivity contribution in [3.8, 4) is 23.3 Å². The molecular formula is C22H16FN3O4. The van der Waals surface area contributed by atoms with E-state index in [9.17, 15) is 14.4 Å². The minimum Gasteiger partial charge on any atom is -0.455 e. The molecule has 0 aliphatic rings. The fourth-order valence-corrected chi connectivity index (χ4v) is 3.11. The van der Waals surface area contributed by atoms with Crippen molar-refractivity contribution < 1.29 is 22.9 Å². The fraction of sp³-hybridized carbons (Fsp3) is 0.136. The van der Waals surface area contributed by atoms with Crippen molar-refractivity contribution in [3.63, 3.8) is 0 Å². The third-order valence-electron chi connectivity index (χ3n) is 4.69. The van der Waals surface area contributed by atoms with Gasteiger partial charge in [0.05, 0.1) is 0 Å². The molecule has 150 valence electrons. The number of ether oxygens (including phenoxy) is 1. The third kappa shape index (κ3) is 3.37. The number of carbonyl (C=O) groups excluding carboxylic acids is 1. The van der Waals surface area contributed by atoms with Gasteiger partial charge in [0, 0.05) is 23.5 Å². The van der Waals surface area contributed by atoms with Gasteiger partial charge in [-0.3, -0.25) is 4.57 Å². The Labute approximate surface area is 170 Å². The molecule has 0 atom stereocenters. The molecule has 0 saturated carbocycles. The van der Waals surface area contributed by atoms with E-state index in [-0.39, 0.29) is 35.2 Å². The average molecular weight is 405 g/mol. The van der Waals surface area contributed by atoms with Crippen molar-refractivity contribution in [2.24, 2.45) is 0 Å². The van der Waals surface area contributed by atoms with Crippen molar-refractivity contribution in [1.82, 2.24) is 9.72 Å². The lowest BCUT2D eigenvalue weighted by molar-refractivity contribution is 0.0461. The first-order valence-electron chi connectivity index (χ1n) is 9.04. The molecule has 7 nitrogen and oxygen atoms in total. The molecule has 3 heterocycles. The van der Waals surface area contributed by atoms with Gasteiger partial charge in [0.2, 0.25) is 5.88 Å². The van der Waals surface area contributed by atoms with Crippen LogP contribution in [-0.4, -0.2) is 15.7 Å². The van der Waals surface area contributed by atoms with E-state index in [4.69, 9.17) is 13.7 Å². The number of aryl methyl sites for hydroxylation is 1. The first-order chi connectivity index (χ1) is 14.5. The van der Waals surface area contributed by atoms with Crippen LogP contribution in [0.3, 0.4) is 0 Å². The standard InChI is InChI=1S/C22H16FN3O4/c1-13-18(25-30-20(13)15-5-7-16(23)8-6-15)12-28-22(27)19-14(2)29-21(17(19)11-24)26-9-3-4-10-26/h3-10H,12H2,1-2H3. The molecule has 0 aliphatic carbocycles. The van der Waals surface area contributed by atoms with Gasteiger partial charge in [-0.1, -0.05) is 5.16 Å². The number of halogens is 1. The molecule has 8 heteroatoms. The molecule has 3 aromatic heterocycles. The molecular weight excluding hydrogens is 389 g/mol. The van der Waals surface area contributed by atoms with Crippen molar-refractivity contribution in [3.05, 3.63) is 82.8 Å². The summed E-state index contributed by atoms with van der Waals surface area (Å²) in [5.74, 6) is -0.0505. The van der Waals surface area contributed by atoms with E-state index in [0.29, 0.717) is 22.6 Å². The minimum atomic E-state index is -0.697. The van der Waals surface area contributed by atoms with E-state index in [0.717, 1.165) is 0 Å². The maximum absolute atomic E-state index is 13.1. The van der Waals surface area contributed by atoms with E-state index >= 15 is 0 Å².